The van der Waals surface area contributed by atoms with Gasteiger partial charge in [0.2, 0.25) is 0 Å². The van der Waals surface area contributed by atoms with E-state index in [1.165, 1.54) is 6.07 Å². The van der Waals surface area contributed by atoms with Gasteiger partial charge in [-0.1, -0.05) is 0 Å². The van der Waals surface area contributed by atoms with E-state index in [-0.39, 0.29) is 11.7 Å². The number of phenolic OH excluding ortho intramolecular Hbond substituents is 1. The third-order valence-corrected chi connectivity index (χ3v) is 3.38. The highest BCUT2D eigenvalue weighted by atomic mass is 79.9. The lowest BCUT2D eigenvalue weighted by Gasteiger charge is -2.08. The van der Waals surface area contributed by atoms with Gasteiger partial charge in [-0.2, -0.15) is 0 Å². The van der Waals surface area contributed by atoms with Gasteiger partial charge in [-0.05, 0) is 58.4 Å². The number of carbonyl (C=O) groups is 1. The van der Waals surface area contributed by atoms with Gasteiger partial charge >= 0.3 is 0 Å². The molecule has 0 bridgehead atoms. The smallest absolute Gasteiger partial charge is 0.255 e. The van der Waals surface area contributed by atoms with Crippen molar-refractivity contribution in [1.82, 2.24) is 0 Å². The normalized spacial score (nSPS) is 10.2. The number of hydrogen-bond donors (Lipinski definition) is 3. The van der Waals surface area contributed by atoms with Crippen molar-refractivity contribution in [3.63, 3.8) is 0 Å². The molecule has 5 nitrogen and oxygen atoms in total. The van der Waals surface area contributed by atoms with Crippen LogP contribution in [0, 0.1) is 0 Å². The van der Waals surface area contributed by atoms with Crippen LogP contribution in [0.2, 0.25) is 0 Å². The van der Waals surface area contributed by atoms with E-state index < -0.39 is 0 Å². The first kappa shape index (κ1) is 15.3. The summed E-state index contributed by atoms with van der Waals surface area (Å²) in [5, 5.41) is 12.3. The fraction of sp³-hybridized carbons (Fsp3) is 0.133. The molecule has 0 saturated carbocycles. The van der Waals surface area contributed by atoms with Gasteiger partial charge < -0.3 is 20.9 Å². The molecular formula is C15H15BrN2O3. The fourth-order valence-corrected chi connectivity index (χ4v) is 1.92. The molecule has 0 saturated heterocycles. The highest BCUT2D eigenvalue weighted by Crippen LogP contribution is 2.25. The summed E-state index contributed by atoms with van der Waals surface area (Å²) < 4.78 is 5.89. The van der Waals surface area contributed by atoms with Crippen molar-refractivity contribution in [3.05, 3.63) is 52.5 Å². The summed E-state index contributed by atoms with van der Waals surface area (Å²) in [7, 11) is 0. The van der Waals surface area contributed by atoms with Gasteiger partial charge in [-0.25, -0.2) is 0 Å². The topological polar surface area (TPSA) is 84.6 Å². The number of carbonyl (C=O) groups excluding carboxylic acids is 1. The van der Waals surface area contributed by atoms with Crippen LogP contribution in [-0.2, 0) is 0 Å². The van der Waals surface area contributed by atoms with Crippen molar-refractivity contribution in [2.24, 2.45) is 5.73 Å². The summed E-state index contributed by atoms with van der Waals surface area (Å²) in [6.45, 7) is 0.898. The van der Waals surface area contributed by atoms with Crippen molar-refractivity contribution < 1.29 is 14.6 Å². The predicted octanol–water partition coefficient (Wildman–Crippen LogP) is 2.74. The molecule has 2 aromatic rings. The Morgan fingerprint density at radius 3 is 2.57 bits per heavy atom. The quantitative estimate of drug-likeness (QED) is 0.773. The second-order valence-corrected chi connectivity index (χ2v) is 5.14. The Balaban J connectivity index is 2.03. The van der Waals surface area contributed by atoms with E-state index >= 15 is 0 Å². The van der Waals surface area contributed by atoms with Gasteiger partial charge in [-0.15, -0.1) is 0 Å². The Bertz CT molecular complexity index is 629. The third kappa shape index (κ3) is 4.21. The highest BCUT2D eigenvalue weighted by molar-refractivity contribution is 9.10. The first-order valence-electron chi connectivity index (χ1n) is 6.33. The van der Waals surface area contributed by atoms with E-state index in [4.69, 9.17) is 10.5 Å². The Kier molecular flexibility index (Phi) is 5.19. The molecule has 0 heterocycles. The molecule has 0 atom stereocenters. The van der Waals surface area contributed by atoms with E-state index in [0.29, 0.717) is 34.6 Å². The van der Waals surface area contributed by atoms with Crippen LogP contribution in [0.25, 0.3) is 0 Å². The summed E-state index contributed by atoms with van der Waals surface area (Å²) in [4.78, 5) is 12.0. The number of nitrogens with one attached hydrogen (secondary N) is 1. The van der Waals surface area contributed by atoms with Gasteiger partial charge in [-0.3, -0.25) is 4.79 Å². The minimum atomic E-state index is -0.298. The molecule has 2 rings (SSSR count). The zero-order chi connectivity index (χ0) is 15.2. The number of benzene rings is 2. The Morgan fingerprint density at radius 2 is 1.95 bits per heavy atom. The standard InChI is InChI=1S/C15H15BrN2O3/c16-13-6-1-10(9-14(13)19)15(20)18-11-2-4-12(5-3-11)21-8-7-17/h1-6,9,19H,7-8,17H2,(H,18,20). The lowest BCUT2D eigenvalue weighted by Crippen LogP contribution is -2.12. The maximum atomic E-state index is 12.0. The summed E-state index contributed by atoms with van der Waals surface area (Å²) in [5.41, 5.74) is 6.37. The highest BCUT2D eigenvalue weighted by Gasteiger charge is 2.08. The summed E-state index contributed by atoms with van der Waals surface area (Å²) in [6.07, 6.45) is 0. The molecule has 0 aliphatic heterocycles. The molecule has 110 valence electrons. The zero-order valence-corrected chi connectivity index (χ0v) is 12.8. The lowest BCUT2D eigenvalue weighted by atomic mass is 10.2. The maximum Gasteiger partial charge on any atom is 0.255 e. The van der Waals surface area contributed by atoms with Crippen LogP contribution in [0.15, 0.2) is 46.9 Å². The molecule has 0 aliphatic carbocycles. The van der Waals surface area contributed by atoms with Crippen LogP contribution < -0.4 is 15.8 Å². The summed E-state index contributed by atoms with van der Waals surface area (Å²) >= 11 is 3.17. The van der Waals surface area contributed by atoms with Crippen LogP contribution in [0.1, 0.15) is 10.4 Å². The second kappa shape index (κ2) is 7.10. The van der Waals surface area contributed by atoms with Gasteiger partial charge in [0.05, 0.1) is 4.47 Å². The Morgan fingerprint density at radius 1 is 1.24 bits per heavy atom. The minimum absolute atomic E-state index is 0.0215. The summed E-state index contributed by atoms with van der Waals surface area (Å²) in [5.74, 6) is 0.418. The van der Waals surface area contributed by atoms with E-state index in [0.717, 1.165) is 0 Å². The number of hydrogen-bond acceptors (Lipinski definition) is 4. The third-order valence-electron chi connectivity index (χ3n) is 2.71. The maximum absolute atomic E-state index is 12.0. The van der Waals surface area contributed by atoms with Gasteiger partial charge in [0, 0.05) is 17.8 Å². The molecule has 0 radical (unpaired) electrons. The molecular weight excluding hydrogens is 336 g/mol. The Labute approximate surface area is 130 Å². The number of phenols is 1. The van der Waals surface area contributed by atoms with Crippen molar-refractivity contribution in [2.45, 2.75) is 0 Å². The first-order valence-corrected chi connectivity index (χ1v) is 7.12. The van der Waals surface area contributed by atoms with Crippen LogP contribution >= 0.6 is 15.9 Å². The van der Waals surface area contributed by atoms with Crippen LogP contribution in [0.3, 0.4) is 0 Å². The molecule has 1 amide bonds. The van der Waals surface area contributed by atoms with Gasteiger partial charge in [0.25, 0.3) is 5.91 Å². The molecule has 4 N–H and O–H groups in total. The van der Waals surface area contributed by atoms with Crippen molar-refractivity contribution in [3.8, 4) is 11.5 Å². The summed E-state index contributed by atoms with van der Waals surface area (Å²) in [6, 6.07) is 11.6. The molecule has 0 unspecified atom stereocenters. The van der Waals surface area contributed by atoms with Crippen LogP contribution in [0.5, 0.6) is 11.5 Å². The zero-order valence-electron chi connectivity index (χ0n) is 11.2. The fourth-order valence-electron chi connectivity index (χ4n) is 1.67. The lowest BCUT2D eigenvalue weighted by molar-refractivity contribution is 0.102. The molecule has 0 spiro atoms. The molecule has 2 aromatic carbocycles. The van der Waals surface area contributed by atoms with Crippen molar-refractivity contribution >= 4 is 27.5 Å². The predicted molar refractivity (Wildman–Crippen MR) is 84.8 cm³/mol. The second-order valence-electron chi connectivity index (χ2n) is 4.28. The molecule has 0 aliphatic rings. The Hall–Kier alpha value is -2.05. The molecule has 21 heavy (non-hydrogen) atoms. The van der Waals surface area contributed by atoms with Gasteiger partial charge in [0.1, 0.15) is 18.1 Å². The monoisotopic (exact) mass is 350 g/mol. The first-order chi connectivity index (χ1) is 10.1. The minimum Gasteiger partial charge on any atom is -0.507 e. The number of amides is 1. The molecule has 0 aromatic heterocycles. The number of ether oxygens (including phenoxy) is 1. The van der Waals surface area contributed by atoms with Crippen LogP contribution in [-0.4, -0.2) is 24.2 Å². The van der Waals surface area contributed by atoms with Crippen molar-refractivity contribution in [1.29, 1.82) is 0 Å². The SMILES string of the molecule is NCCOc1ccc(NC(=O)c2ccc(Br)c(O)c2)cc1. The number of halogens is 1. The average molecular weight is 351 g/mol. The van der Waals surface area contributed by atoms with E-state index in [1.54, 1.807) is 36.4 Å². The molecule has 6 heteroatoms. The number of nitrogens with two attached hydrogens (primary N) is 1. The largest absolute Gasteiger partial charge is 0.507 e. The number of aromatic hydroxyl groups is 1. The number of rotatable bonds is 5. The van der Waals surface area contributed by atoms with Gasteiger partial charge in [0.15, 0.2) is 0 Å². The van der Waals surface area contributed by atoms with E-state index in [9.17, 15) is 9.90 Å². The van der Waals surface area contributed by atoms with E-state index in [2.05, 4.69) is 21.2 Å². The van der Waals surface area contributed by atoms with E-state index in [1.807, 2.05) is 0 Å². The molecule has 0 fully saturated rings. The van der Waals surface area contributed by atoms with Crippen LogP contribution in [0.4, 0.5) is 5.69 Å². The average Bonchev–Trinajstić information content (AvgIpc) is 2.49. The van der Waals surface area contributed by atoms with Crippen molar-refractivity contribution in [2.75, 3.05) is 18.5 Å². The number of anilines is 1.